The summed E-state index contributed by atoms with van der Waals surface area (Å²) in [5, 5.41) is 9.75. The molecule has 1 saturated heterocycles. The average Bonchev–Trinajstić information content (AvgIpc) is 2.34. The standard InChI is InChI=1S/C10H18O2/c11-10(8-3-1-4-8)7-9-5-2-6-12-9/h8-11H,1-7H2. The van der Waals surface area contributed by atoms with Crippen LogP contribution in [0.4, 0.5) is 0 Å². The Bertz CT molecular complexity index is 137. The highest BCUT2D eigenvalue weighted by Crippen LogP contribution is 2.32. The van der Waals surface area contributed by atoms with E-state index in [1.54, 1.807) is 0 Å². The van der Waals surface area contributed by atoms with Gasteiger partial charge in [-0.15, -0.1) is 0 Å². The fourth-order valence-corrected chi connectivity index (χ4v) is 2.12. The van der Waals surface area contributed by atoms with Crippen LogP contribution >= 0.6 is 0 Å². The Morgan fingerprint density at radius 1 is 1.25 bits per heavy atom. The van der Waals surface area contributed by atoms with E-state index in [9.17, 15) is 5.11 Å². The van der Waals surface area contributed by atoms with Crippen LogP contribution in [0.2, 0.25) is 0 Å². The van der Waals surface area contributed by atoms with Crippen LogP contribution in [0.15, 0.2) is 0 Å². The lowest BCUT2D eigenvalue weighted by Crippen LogP contribution is -2.30. The van der Waals surface area contributed by atoms with E-state index in [1.165, 1.54) is 25.7 Å². The van der Waals surface area contributed by atoms with Gasteiger partial charge in [-0.1, -0.05) is 6.42 Å². The van der Waals surface area contributed by atoms with Gasteiger partial charge >= 0.3 is 0 Å². The summed E-state index contributed by atoms with van der Waals surface area (Å²) in [7, 11) is 0. The first kappa shape index (κ1) is 8.52. The zero-order valence-corrected chi connectivity index (χ0v) is 7.54. The van der Waals surface area contributed by atoms with Gasteiger partial charge < -0.3 is 9.84 Å². The molecule has 2 rings (SSSR count). The van der Waals surface area contributed by atoms with Gasteiger partial charge in [-0.2, -0.15) is 0 Å². The Morgan fingerprint density at radius 2 is 2.08 bits per heavy atom. The van der Waals surface area contributed by atoms with E-state index < -0.39 is 0 Å². The fourth-order valence-electron chi connectivity index (χ4n) is 2.12. The smallest absolute Gasteiger partial charge is 0.0600 e. The maximum Gasteiger partial charge on any atom is 0.0600 e. The Hall–Kier alpha value is -0.0800. The van der Waals surface area contributed by atoms with Gasteiger partial charge in [-0.3, -0.25) is 0 Å². The SMILES string of the molecule is OC(CC1CCCO1)C1CCC1. The third-order valence-corrected chi connectivity index (χ3v) is 3.22. The molecule has 12 heavy (non-hydrogen) atoms. The number of aliphatic hydroxyl groups excluding tert-OH is 1. The lowest BCUT2D eigenvalue weighted by Gasteiger charge is -2.31. The molecule has 0 radical (unpaired) electrons. The molecule has 1 aliphatic heterocycles. The highest BCUT2D eigenvalue weighted by molar-refractivity contribution is 4.80. The number of rotatable bonds is 3. The summed E-state index contributed by atoms with van der Waals surface area (Å²) in [6, 6.07) is 0. The molecule has 0 aromatic rings. The van der Waals surface area contributed by atoms with Gasteiger partial charge in [0.1, 0.15) is 0 Å². The van der Waals surface area contributed by atoms with Gasteiger partial charge in [0.2, 0.25) is 0 Å². The van der Waals surface area contributed by atoms with Crippen molar-refractivity contribution in [2.45, 2.75) is 50.7 Å². The molecule has 0 aromatic carbocycles. The van der Waals surface area contributed by atoms with Gasteiger partial charge in [0.05, 0.1) is 12.2 Å². The maximum absolute atomic E-state index is 9.75. The van der Waals surface area contributed by atoms with E-state index >= 15 is 0 Å². The largest absolute Gasteiger partial charge is 0.393 e. The molecule has 2 unspecified atom stereocenters. The topological polar surface area (TPSA) is 29.5 Å². The molecule has 2 heteroatoms. The molecule has 2 nitrogen and oxygen atoms in total. The molecular formula is C10H18O2. The third kappa shape index (κ3) is 1.80. The number of hydrogen-bond donors (Lipinski definition) is 1. The molecule has 1 aliphatic carbocycles. The normalized spacial score (nSPS) is 33.2. The Morgan fingerprint density at radius 3 is 2.58 bits per heavy atom. The van der Waals surface area contributed by atoms with Gasteiger partial charge in [0.25, 0.3) is 0 Å². The molecule has 2 atom stereocenters. The second kappa shape index (κ2) is 3.75. The van der Waals surface area contributed by atoms with Crippen LogP contribution in [-0.2, 0) is 4.74 Å². The second-order valence-corrected chi connectivity index (χ2v) is 4.13. The number of aliphatic hydroxyl groups is 1. The summed E-state index contributed by atoms with van der Waals surface area (Å²) in [4.78, 5) is 0. The van der Waals surface area contributed by atoms with Gasteiger partial charge in [0.15, 0.2) is 0 Å². The van der Waals surface area contributed by atoms with Crippen LogP contribution < -0.4 is 0 Å². The van der Waals surface area contributed by atoms with Gasteiger partial charge in [-0.05, 0) is 38.0 Å². The average molecular weight is 170 g/mol. The summed E-state index contributed by atoms with van der Waals surface area (Å²) < 4.78 is 5.48. The summed E-state index contributed by atoms with van der Waals surface area (Å²) in [5.74, 6) is 0.592. The van der Waals surface area contributed by atoms with Crippen molar-refractivity contribution in [1.29, 1.82) is 0 Å². The Balaban J connectivity index is 1.69. The minimum absolute atomic E-state index is 0.0816. The highest BCUT2D eigenvalue weighted by atomic mass is 16.5. The zero-order chi connectivity index (χ0) is 8.39. The van der Waals surface area contributed by atoms with Crippen molar-refractivity contribution in [2.24, 2.45) is 5.92 Å². The van der Waals surface area contributed by atoms with Crippen molar-refractivity contribution in [2.75, 3.05) is 6.61 Å². The highest BCUT2D eigenvalue weighted by Gasteiger charge is 2.28. The minimum atomic E-state index is -0.0816. The first-order valence-electron chi connectivity index (χ1n) is 5.16. The minimum Gasteiger partial charge on any atom is -0.393 e. The third-order valence-electron chi connectivity index (χ3n) is 3.22. The van der Waals surface area contributed by atoms with Crippen LogP contribution in [0.25, 0.3) is 0 Å². The monoisotopic (exact) mass is 170 g/mol. The van der Waals surface area contributed by atoms with Crippen LogP contribution in [0, 0.1) is 5.92 Å². The maximum atomic E-state index is 9.75. The molecule has 0 amide bonds. The summed E-state index contributed by atoms with van der Waals surface area (Å²) >= 11 is 0. The summed E-state index contributed by atoms with van der Waals surface area (Å²) in [6.07, 6.45) is 7.27. The van der Waals surface area contributed by atoms with E-state index in [-0.39, 0.29) is 6.10 Å². The van der Waals surface area contributed by atoms with Crippen LogP contribution in [0.5, 0.6) is 0 Å². The first-order valence-corrected chi connectivity index (χ1v) is 5.16. The molecule has 70 valence electrons. The molecular weight excluding hydrogens is 152 g/mol. The van der Waals surface area contributed by atoms with Crippen LogP contribution in [0.3, 0.4) is 0 Å². The molecule has 1 N–H and O–H groups in total. The predicted octanol–water partition coefficient (Wildman–Crippen LogP) is 1.72. The van der Waals surface area contributed by atoms with E-state index in [0.717, 1.165) is 19.4 Å². The Labute approximate surface area is 73.9 Å². The van der Waals surface area contributed by atoms with E-state index in [1.807, 2.05) is 0 Å². The van der Waals surface area contributed by atoms with Crippen molar-refractivity contribution >= 4 is 0 Å². The quantitative estimate of drug-likeness (QED) is 0.698. The lowest BCUT2D eigenvalue weighted by molar-refractivity contribution is 0.00570. The number of hydrogen-bond acceptors (Lipinski definition) is 2. The first-order chi connectivity index (χ1) is 5.86. The van der Waals surface area contributed by atoms with Gasteiger partial charge in [-0.25, -0.2) is 0 Å². The lowest BCUT2D eigenvalue weighted by atomic mass is 9.79. The summed E-state index contributed by atoms with van der Waals surface area (Å²) in [5.41, 5.74) is 0. The second-order valence-electron chi connectivity index (χ2n) is 4.13. The van der Waals surface area contributed by atoms with E-state index in [2.05, 4.69) is 0 Å². The van der Waals surface area contributed by atoms with Gasteiger partial charge in [0, 0.05) is 6.61 Å². The van der Waals surface area contributed by atoms with Crippen LogP contribution in [0.1, 0.15) is 38.5 Å². The molecule has 2 aliphatic rings. The van der Waals surface area contributed by atoms with Crippen molar-refractivity contribution in [3.8, 4) is 0 Å². The Kier molecular flexibility index (Phi) is 2.66. The predicted molar refractivity (Wildman–Crippen MR) is 46.9 cm³/mol. The van der Waals surface area contributed by atoms with E-state index in [4.69, 9.17) is 4.74 Å². The zero-order valence-electron chi connectivity index (χ0n) is 7.54. The van der Waals surface area contributed by atoms with Crippen LogP contribution in [-0.4, -0.2) is 23.9 Å². The molecule has 0 aromatic heterocycles. The fraction of sp³-hybridized carbons (Fsp3) is 1.00. The molecule has 2 fully saturated rings. The van der Waals surface area contributed by atoms with Crippen molar-refractivity contribution in [1.82, 2.24) is 0 Å². The molecule has 0 spiro atoms. The molecule has 1 saturated carbocycles. The van der Waals surface area contributed by atoms with Crippen molar-refractivity contribution < 1.29 is 9.84 Å². The molecule has 1 heterocycles. The number of ether oxygens (including phenoxy) is 1. The van der Waals surface area contributed by atoms with E-state index in [0.29, 0.717) is 12.0 Å². The summed E-state index contributed by atoms with van der Waals surface area (Å²) in [6.45, 7) is 0.905. The molecule has 0 bridgehead atoms. The van der Waals surface area contributed by atoms with Crippen molar-refractivity contribution in [3.63, 3.8) is 0 Å². The van der Waals surface area contributed by atoms with Crippen molar-refractivity contribution in [3.05, 3.63) is 0 Å².